The van der Waals surface area contributed by atoms with Crippen molar-refractivity contribution in [3.8, 4) is 0 Å². The highest BCUT2D eigenvalue weighted by Gasteiger charge is 2.33. The van der Waals surface area contributed by atoms with E-state index in [9.17, 15) is 4.79 Å². The highest BCUT2D eigenvalue weighted by atomic mass is 16.4. The summed E-state index contributed by atoms with van der Waals surface area (Å²) in [5.74, 6) is 0.291. The van der Waals surface area contributed by atoms with Crippen molar-refractivity contribution in [1.82, 2.24) is 14.8 Å². The molecule has 1 aliphatic carbocycles. The van der Waals surface area contributed by atoms with Crippen LogP contribution in [0.25, 0.3) is 0 Å². The van der Waals surface area contributed by atoms with Crippen LogP contribution in [0.3, 0.4) is 0 Å². The summed E-state index contributed by atoms with van der Waals surface area (Å²) in [4.78, 5) is 15.3. The number of hydrogen-bond donors (Lipinski definition) is 1. The fourth-order valence-electron chi connectivity index (χ4n) is 2.55. The molecule has 1 aromatic rings. The lowest BCUT2D eigenvalue weighted by atomic mass is 9.93. The summed E-state index contributed by atoms with van der Waals surface area (Å²) < 4.78 is 1.84. The summed E-state index contributed by atoms with van der Waals surface area (Å²) in [5.41, 5.74) is 0. The largest absolute Gasteiger partial charge is 0.481 e. The van der Waals surface area contributed by atoms with Crippen LogP contribution in [0, 0.1) is 11.8 Å². The average Bonchev–Trinajstić information content (AvgIpc) is 2.86. The SMILES string of the molecule is CCn1ncnc1CC1CCCC1C(=O)O. The molecule has 16 heavy (non-hydrogen) atoms. The standard InChI is InChI=1S/C11H17N3O2/c1-2-14-10(12-7-13-14)6-8-4-3-5-9(8)11(15)16/h7-9H,2-6H2,1H3,(H,15,16). The molecule has 5 nitrogen and oxygen atoms in total. The van der Waals surface area contributed by atoms with E-state index in [0.717, 1.165) is 38.1 Å². The summed E-state index contributed by atoms with van der Waals surface area (Å²) in [6.07, 6.45) is 5.10. The predicted octanol–water partition coefficient (Wildman–Crippen LogP) is 1.34. The van der Waals surface area contributed by atoms with Gasteiger partial charge < -0.3 is 5.11 Å². The maximum atomic E-state index is 11.1. The maximum Gasteiger partial charge on any atom is 0.306 e. The molecule has 0 radical (unpaired) electrons. The van der Waals surface area contributed by atoms with Gasteiger partial charge in [0.05, 0.1) is 5.92 Å². The molecule has 0 bridgehead atoms. The van der Waals surface area contributed by atoms with E-state index in [0.29, 0.717) is 0 Å². The van der Waals surface area contributed by atoms with Gasteiger partial charge in [0.2, 0.25) is 0 Å². The molecule has 1 aliphatic rings. The molecule has 1 aromatic heterocycles. The van der Waals surface area contributed by atoms with Gasteiger partial charge in [0.1, 0.15) is 12.2 Å². The van der Waals surface area contributed by atoms with E-state index in [2.05, 4.69) is 10.1 Å². The Balaban J connectivity index is 2.06. The third-order valence-electron chi connectivity index (χ3n) is 3.42. The zero-order chi connectivity index (χ0) is 11.5. The van der Waals surface area contributed by atoms with Crippen LogP contribution in [0.5, 0.6) is 0 Å². The molecule has 0 amide bonds. The van der Waals surface area contributed by atoms with E-state index in [1.807, 2.05) is 11.6 Å². The summed E-state index contributed by atoms with van der Waals surface area (Å²) in [7, 11) is 0. The highest BCUT2D eigenvalue weighted by Crippen LogP contribution is 2.33. The van der Waals surface area contributed by atoms with Crippen molar-refractivity contribution in [2.75, 3.05) is 0 Å². The molecule has 1 saturated carbocycles. The van der Waals surface area contributed by atoms with Gasteiger partial charge in [-0.1, -0.05) is 6.42 Å². The van der Waals surface area contributed by atoms with Crippen LogP contribution >= 0.6 is 0 Å². The molecule has 0 spiro atoms. The first-order valence-corrected chi connectivity index (χ1v) is 5.81. The lowest BCUT2D eigenvalue weighted by molar-refractivity contribution is -0.142. The summed E-state index contributed by atoms with van der Waals surface area (Å²) in [5, 5.41) is 13.2. The number of aryl methyl sites for hydroxylation is 1. The van der Waals surface area contributed by atoms with E-state index in [1.165, 1.54) is 0 Å². The summed E-state index contributed by atoms with van der Waals surface area (Å²) in [6.45, 7) is 2.81. The first-order valence-electron chi connectivity index (χ1n) is 5.81. The molecule has 1 N–H and O–H groups in total. The zero-order valence-electron chi connectivity index (χ0n) is 9.46. The van der Waals surface area contributed by atoms with Crippen LogP contribution < -0.4 is 0 Å². The number of carbonyl (C=O) groups is 1. The second-order valence-corrected chi connectivity index (χ2v) is 4.33. The Kier molecular flexibility index (Phi) is 3.22. The molecule has 88 valence electrons. The highest BCUT2D eigenvalue weighted by molar-refractivity contribution is 5.70. The lowest BCUT2D eigenvalue weighted by Crippen LogP contribution is -2.21. The number of nitrogens with zero attached hydrogens (tertiary/aromatic N) is 3. The third-order valence-corrected chi connectivity index (χ3v) is 3.42. The van der Waals surface area contributed by atoms with Gasteiger partial charge in [0.15, 0.2) is 0 Å². The van der Waals surface area contributed by atoms with Gasteiger partial charge in [-0.3, -0.25) is 9.48 Å². The van der Waals surface area contributed by atoms with Gasteiger partial charge in [0.25, 0.3) is 0 Å². The lowest BCUT2D eigenvalue weighted by Gasteiger charge is -2.15. The van der Waals surface area contributed by atoms with Crippen molar-refractivity contribution in [2.24, 2.45) is 11.8 Å². The first-order chi connectivity index (χ1) is 7.72. The van der Waals surface area contributed by atoms with Gasteiger partial charge >= 0.3 is 5.97 Å². The van der Waals surface area contributed by atoms with Crippen LogP contribution in [0.2, 0.25) is 0 Å². The van der Waals surface area contributed by atoms with Crippen molar-refractivity contribution in [3.05, 3.63) is 12.2 Å². The van der Waals surface area contributed by atoms with Crippen molar-refractivity contribution < 1.29 is 9.90 Å². The van der Waals surface area contributed by atoms with Crippen molar-refractivity contribution >= 4 is 5.97 Å². The second-order valence-electron chi connectivity index (χ2n) is 4.33. The minimum atomic E-state index is -0.662. The van der Waals surface area contributed by atoms with E-state index in [1.54, 1.807) is 6.33 Å². The molecule has 0 saturated heterocycles. The van der Waals surface area contributed by atoms with Gasteiger partial charge in [-0.05, 0) is 25.7 Å². The molecule has 2 atom stereocenters. The van der Waals surface area contributed by atoms with Crippen LogP contribution in [0.15, 0.2) is 6.33 Å². The summed E-state index contributed by atoms with van der Waals surface area (Å²) >= 11 is 0. The Hall–Kier alpha value is -1.39. The van der Waals surface area contributed by atoms with Crippen molar-refractivity contribution in [2.45, 2.75) is 39.2 Å². The Morgan fingerprint density at radius 1 is 1.62 bits per heavy atom. The second kappa shape index (κ2) is 4.63. The maximum absolute atomic E-state index is 11.1. The summed E-state index contributed by atoms with van der Waals surface area (Å²) in [6, 6.07) is 0. The van der Waals surface area contributed by atoms with Crippen LogP contribution in [0.4, 0.5) is 0 Å². The Bertz CT molecular complexity index is 375. The molecule has 0 aromatic carbocycles. The van der Waals surface area contributed by atoms with Gasteiger partial charge in [-0.15, -0.1) is 0 Å². The van der Waals surface area contributed by atoms with Gasteiger partial charge in [-0.2, -0.15) is 5.10 Å². The third kappa shape index (κ3) is 2.08. The number of hydrogen-bond acceptors (Lipinski definition) is 3. The normalized spacial score (nSPS) is 24.8. The van der Waals surface area contributed by atoms with Crippen LogP contribution in [0.1, 0.15) is 32.0 Å². The van der Waals surface area contributed by atoms with Gasteiger partial charge in [-0.25, -0.2) is 4.98 Å². The van der Waals surface area contributed by atoms with E-state index in [-0.39, 0.29) is 11.8 Å². The smallest absolute Gasteiger partial charge is 0.306 e. The predicted molar refractivity (Wildman–Crippen MR) is 57.9 cm³/mol. The Morgan fingerprint density at radius 3 is 3.12 bits per heavy atom. The number of aromatic nitrogens is 3. The monoisotopic (exact) mass is 223 g/mol. The molecule has 1 heterocycles. The molecule has 0 aliphatic heterocycles. The number of aliphatic carboxylic acids is 1. The fraction of sp³-hybridized carbons (Fsp3) is 0.727. The molecule has 1 fully saturated rings. The average molecular weight is 223 g/mol. The quantitative estimate of drug-likeness (QED) is 0.836. The minimum absolute atomic E-state index is 0.193. The van der Waals surface area contributed by atoms with Crippen LogP contribution in [-0.4, -0.2) is 25.8 Å². The van der Waals surface area contributed by atoms with E-state index in [4.69, 9.17) is 5.11 Å². The first kappa shape index (κ1) is 11.1. The number of carboxylic acids is 1. The van der Waals surface area contributed by atoms with Gasteiger partial charge in [0, 0.05) is 13.0 Å². The Morgan fingerprint density at radius 2 is 2.44 bits per heavy atom. The fourth-order valence-corrected chi connectivity index (χ4v) is 2.55. The van der Waals surface area contributed by atoms with E-state index < -0.39 is 5.97 Å². The molecular formula is C11H17N3O2. The van der Waals surface area contributed by atoms with Crippen molar-refractivity contribution in [1.29, 1.82) is 0 Å². The molecular weight excluding hydrogens is 206 g/mol. The number of carboxylic acid groups (broad SMARTS) is 1. The van der Waals surface area contributed by atoms with Crippen molar-refractivity contribution in [3.63, 3.8) is 0 Å². The van der Waals surface area contributed by atoms with Crippen LogP contribution in [-0.2, 0) is 17.8 Å². The molecule has 2 unspecified atom stereocenters. The number of rotatable bonds is 4. The topological polar surface area (TPSA) is 68.0 Å². The molecule has 5 heteroatoms. The Labute approximate surface area is 94.5 Å². The minimum Gasteiger partial charge on any atom is -0.481 e. The zero-order valence-corrected chi connectivity index (χ0v) is 9.46. The molecule has 2 rings (SSSR count). The van der Waals surface area contributed by atoms with E-state index >= 15 is 0 Å².